The molecule has 2 rings (SSSR count). The van der Waals surface area contributed by atoms with Gasteiger partial charge in [0.05, 0.1) is 5.69 Å². The molecule has 66 valence electrons. The lowest BCUT2D eigenvalue weighted by Gasteiger charge is -2.16. The highest BCUT2D eigenvalue weighted by molar-refractivity contribution is 5.08. The van der Waals surface area contributed by atoms with Crippen LogP contribution in [0.2, 0.25) is 0 Å². The molecule has 1 unspecified atom stereocenters. The number of imidazole rings is 1. The minimum Gasteiger partial charge on any atom is -0.331 e. The van der Waals surface area contributed by atoms with E-state index in [9.17, 15) is 0 Å². The first kappa shape index (κ1) is 7.84. The molecular weight excluding hydrogens is 148 g/mol. The van der Waals surface area contributed by atoms with Crippen molar-refractivity contribution in [2.24, 2.45) is 5.92 Å². The third-order valence-corrected chi connectivity index (χ3v) is 2.72. The van der Waals surface area contributed by atoms with Crippen LogP contribution in [0.25, 0.3) is 0 Å². The fourth-order valence-electron chi connectivity index (χ4n) is 2.11. The van der Waals surface area contributed by atoms with Crippen molar-refractivity contribution >= 4 is 0 Å². The third-order valence-electron chi connectivity index (χ3n) is 2.72. The normalized spacial score (nSPS) is 21.8. The van der Waals surface area contributed by atoms with Gasteiger partial charge in [0.2, 0.25) is 0 Å². The second-order valence-electron chi connectivity index (χ2n) is 4.06. The van der Waals surface area contributed by atoms with Crippen LogP contribution in [-0.2, 0) is 6.42 Å². The molecule has 1 aromatic heterocycles. The molecule has 2 heterocycles. The zero-order valence-corrected chi connectivity index (χ0v) is 8.04. The van der Waals surface area contributed by atoms with Gasteiger partial charge >= 0.3 is 0 Å². The second-order valence-corrected chi connectivity index (χ2v) is 4.06. The molecule has 0 bridgehead atoms. The van der Waals surface area contributed by atoms with Crippen molar-refractivity contribution in [3.63, 3.8) is 0 Å². The molecule has 0 saturated carbocycles. The molecule has 1 atom stereocenters. The van der Waals surface area contributed by atoms with Crippen LogP contribution < -0.4 is 0 Å². The molecule has 1 aliphatic rings. The van der Waals surface area contributed by atoms with Gasteiger partial charge in [-0.05, 0) is 19.3 Å². The largest absolute Gasteiger partial charge is 0.331 e. The van der Waals surface area contributed by atoms with Crippen LogP contribution in [0.3, 0.4) is 0 Å². The first-order valence-electron chi connectivity index (χ1n) is 4.73. The Hall–Kier alpha value is -0.790. The molecule has 0 amide bonds. The molecule has 12 heavy (non-hydrogen) atoms. The lowest BCUT2D eigenvalue weighted by Crippen LogP contribution is -2.09. The van der Waals surface area contributed by atoms with E-state index in [2.05, 4.69) is 36.5 Å². The van der Waals surface area contributed by atoms with Crippen LogP contribution in [-0.4, -0.2) is 9.55 Å². The standard InChI is InChI=1S/C10H16N2/c1-7(2)9-4-5-10-11-8(3)6-12(9)10/h6-7,9H,4-5H2,1-3H3. The second kappa shape index (κ2) is 2.61. The van der Waals surface area contributed by atoms with Gasteiger partial charge in [-0.1, -0.05) is 13.8 Å². The molecule has 0 radical (unpaired) electrons. The van der Waals surface area contributed by atoms with Gasteiger partial charge in [0.15, 0.2) is 0 Å². The number of nitrogens with zero attached hydrogens (tertiary/aromatic N) is 2. The van der Waals surface area contributed by atoms with E-state index in [0.29, 0.717) is 6.04 Å². The molecule has 0 N–H and O–H groups in total. The van der Waals surface area contributed by atoms with E-state index in [1.807, 2.05) is 0 Å². The van der Waals surface area contributed by atoms with Gasteiger partial charge in [-0.25, -0.2) is 4.98 Å². The summed E-state index contributed by atoms with van der Waals surface area (Å²) >= 11 is 0. The molecule has 0 fully saturated rings. The lowest BCUT2D eigenvalue weighted by atomic mass is 10.0. The van der Waals surface area contributed by atoms with Crippen molar-refractivity contribution in [1.82, 2.24) is 9.55 Å². The smallest absolute Gasteiger partial charge is 0.109 e. The summed E-state index contributed by atoms with van der Waals surface area (Å²) in [6.45, 7) is 6.65. The predicted molar refractivity (Wildman–Crippen MR) is 49.2 cm³/mol. The maximum atomic E-state index is 4.49. The zero-order chi connectivity index (χ0) is 8.72. The van der Waals surface area contributed by atoms with Crippen molar-refractivity contribution in [2.75, 3.05) is 0 Å². The molecule has 0 spiro atoms. The van der Waals surface area contributed by atoms with Crippen LogP contribution in [0.5, 0.6) is 0 Å². The van der Waals surface area contributed by atoms with Crippen LogP contribution in [0.15, 0.2) is 6.20 Å². The Bertz CT molecular complexity index is 286. The minimum absolute atomic E-state index is 0.696. The van der Waals surface area contributed by atoms with E-state index >= 15 is 0 Å². The summed E-state index contributed by atoms with van der Waals surface area (Å²) in [5, 5.41) is 0. The predicted octanol–water partition coefficient (Wildman–Crippen LogP) is 2.33. The maximum Gasteiger partial charge on any atom is 0.109 e. The van der Waals surface area contributed by atoms with E-state index in [1.165, 1.54) is 12.2 Å². The van der Waals surface area contributed by atoms with Gasteiger partial charge in [0.25, 0.3) is 0 Å². The van der Waals surface area contributed by atoms with Gasteiger partial charge < -0.3 is 4.57 Å². The number of hydrogen-bond acceptors (Lipinski definition) is 1. The lowest BCUT2D eigenvalue weighted by molar-refractivity contribution is 0.392. The Kier molecular flexibility index (Phi) is 1.71. The Balaban J connectivity index is 2.34. The van der Waals surface area contributed by atoms with E-state index in [4.69, 9.17) is 0 Å². The Morgan fingerprint density at radius 2 is 2.33 bits per heavy atom. The molecule has 0 aliphatic carbocycles. The molecule has 1 aromatic rings. The first-order valence-corrected chi connectivity index (χ1v) is 4.73. The number of fused-ring (bicyclic) bond motifs is 1. The van der Waals surface area contributed by atoms with Crippen molar-refractivity contribution in [3.05, 3.63) is 17.7 Å². The van der Waals surface area contributed by atoms with E-state index in [1.54, 1.807) is 0 Å². The summed E-state index contributed by atoms with van der Waals surface area (Å²) in [7, 11) is 0. The Morgan fingerprint density at radius 3 is 3.00 bits per heavy atom. The minimum atomic E-state index is 0.696. The summed E-state index contributed by atoms with van der Waals surface area (Å²) in [6, 6.07) is 0.696. The fourth-order valence-corrected chi connectivity index (χ4v) is 2.11. The SMILES string of the molecule is Cc1cn2c(n1)CCC2C(C)C. The summed E-state index contributed by atoms with van der Waals surface area (Å²) < 4.78 is 2.36. The van der Waals surface area contributed by atoms with Gasteiger partial charge in [0, 0.05) is 18.7 Å². The molecule has 2 heteroatoms. The van der Waals surface area contributed by atoms with Gasteiger partial charge in [-0.2, -0.15) is 0 Å². The van der Waals surface area contributed by atoms with Crippen LogP contribution >= 0.6 is 0 Å². The van der Waals surface area contributed by atoms with Crippen molar-refractivity contribution in [3.8, 4) is 0 Å². The highest BCUT2D eigenvalue weighted by Crippen LogP contribution is 2.31. The quantitative estimate of drug-likeness (QED) is 0.623. The topological polar surface area (TPSA) is 17.8 Å². The number of rotatable bonds is 1. The molecule has 2 nitrogen and oxygen atoms in total. The molecule has 0 saturated heterocycles. The maximum absolute atomic E-state index is 4.49. The highest BCUT2D eigenvalue weighted by atomic mass is 15.1. The number of aromatic nitrogens is 2. The third kappa shape index (κ3) is 1.06. The number of aryl methyl sites for hydroxylation is 2. The highest BCUT2D eigenvalue weighted by Gasteiger charge is 2.25. The van der Waals surface area contributed by atoms with Crippen LogP contribution in [0.4, 0.5) is 0 Å². The van der Waals surface area contributed by atoms with Gasteiger partial charge in [-0.3, -0.25) is 0 Å². The van der Waals surface area contributed by atoms with Gasteiger partial charge in [-0.15, -0.1) is 0 Å². The van der Waals surface area contributed by atoms with Crippen molar-refractivity contribution < 1.29 is 0 Å². The summed E-state index contributed by atoms with van der Waals surface area (Å²) in [4.78, 5) is 4.49. The summed E-state index contributed by atoms with van der Waals surface area (Å²) in [5.74, 6) is 2.02. The Labute approximate surface area is 73.6 Å². The van der Waals surface area contributed by atoms with E-state index in [0.717, 1.165) is 18.0 Å². The zero-order valence-electron chi connectivity index (χ0n) is 8.04. The molecule has 1 aliphatic heterocycles. The van der Waals surface area contributed by atoms with Crippen LogP contribution in [0.1, 0.15) is 37.8 Å². The number of hydrogen-bond donors (Lipinski definition) is 0. The monoisotopic (exact) mass is 164 g/mol. The van der Waals surface area contributed by atoms with Gasteiger partial charge in [0.1, 0.15) is 5.82 Å². The van der Waals surface area contributed by atoms with Crippen molar-refractivity contribution in [1.29, 1.82) is 0 Å². The average molecular weight is 164 g/mol. The van der Waals surface area contributed by atoms with Crippen LogP contribution in [0, 0.1) is 12.8 Å². The first-order chi connectivity index (χ1) is 5.68. The van der Waals surface area contributed by atoms with E-state index < -0.39 is 0 Å². The van der Waals surface area contributed by atoms with Crippen molar-refractivity contribution in [2.45, 2.75) is 39.7 Å². The van der Waals surface area contributed by atoms with E-state index in [-0.39, 0.29) is 0 Å². The summed E-state index contributed by atoms with van der Waals surface area (Å²) in [6.07, 6.45) is 4.63. The molecular formula is C10H16N2. The summed E-state index contributed by atoms with van der Waals surface area (Å²) in [5.41, 5.74) is 1.16. The average Bonchev–Trinajstić information content (AvgIpc) is 2.43. The fraction of sp³-hybridized carbons (Fsp3) is 0.700. The molecule has 0 aromatic carbocycles. The Morgan fingerprint density at radius 1 is 1.58 bits per heavy atom.